The Bertz CT molecular complexity index is 529. The molecule has 0 aromatic heterocycles. The van der Waals surface area contributed by atoms with Gasteiger partial charge in [-0.15, -0.1) is 0 Å². The molecule has 3 nitrogen and oxygen atoms in total. The number of thiocarbonyl (C=S) groups is 1. The van der Waals surface area contributed by atoms with Crippen molar-refractivity contribution in [2.75, 3.05) is 25.2 Å². The van der Waals surface area contributed by atoms with Crippen molar-refractivity contribution in [2.45, 2.75) is 25.1 Å². The molecular formula is C14H17F3N2OS. The molecule has 0 bridgehead atoms. The van der Waals surface area contributed by atoms with Crippen molar-refractivity contribution in [1.29, 1.82) is 0 Å². The summed E-state index contributed by atoms with van der Waals surface area (Å²) in [6.07, 6.45) is -2.50. The van der Waals surface area contributed by atoms with Crippen LogP contribution in [0, 0.1) is 0 Å². The molecule has 0 heterocycles. The Morgan fingerprint density at radius 1 is 1.43 bits per heavy atom. The highest BCUT2D eigenvalue weighted by Crippen LogP contribution is 2.37. The van der Waals surface area contributed by atoms with Gasteiger partial charge in [0.15, 0.2) is 0 Å². The van der Waals surface area contributed by atoms with Crippen LogP contribution in [0.3, 0.4) is 0 Å². The zero-order valence-electron chi connectivity index (χ0n) is 11.6. The van der Waals surface area contributed by atoms with E-state index in [-0.39, 0.29) is 16.6 Å². The Morgan fingerprint density at radius 2 is 2.10 bits per heavy atom. The molecule has 0 amide bonds. The van der Waals surface area contributed by atoms with Gasteiger partial charge >= 0.3 is 6.18 Å². The van der Waals surface area contributed by atoms with E-state index in [9.17, 15) is 13.2 Å². The van der Waals surface area contributed by atoms with Crippen molar-refractivity contribution in [2.24, 2.45) is 5.73 Å². The molecular weight excluding hydrogens is 301 g/mol. The summed E-state index contributed by atoms with van der Waals surface area (Å²) in [6, 6.07) is 4.40. The minimum Gasteiger partial charge on any atom is -0.389 e. The van der Waals surface area contributed by atoms with Gasteiger partial charge < -0.3 is 15.4 Å². The molecule has 2 N–H and O–H groups in total. The standard InChI is InChI=1S/C14H17F3N2OS/c1-20-7-6-19(9-2-3-9)10-4-5-11(13(18)21)12(8-10)14(15,16)17/h4-5,8-9H,2-3,6-7H2,1H3,(H2,18,21). The smallest absolute Gasteiger partial charge is 0.389 e. The summed E-state index contributed by atoms with van der Waals surface area (Å²) in [7, 11) is 1.57. The van der Waals surface area contributed by atoms with Crippen molar-refractivity contribution in [3.05, 3.63) is 29.3 Å². The summed E-state index contributed by atoms with van der Waals surface area (Å²) in [5, 5.41) is 0. The van der Waals surface area contributed by atoms with Crippen molar-refractivity contribution in [3.63, 3.8) is 0 Å². The Labute approximate surface area is 126 Å². The van der Waals surface area contributed by atoms with Gasteiger partial charge in [0.25, 0.3) is 0 Å². The first kappa shape index (κ1) is 16.0. The number of nitrogens with zero attached hydrogens (tertiary/aromatic N) is 1. The van der Waals surface area contributed by atoms with E-state index in [1.54, 1.807) is 13.2 Å². The lowest BCUT2D eigenvalue weighted by molar-refractivity contribution is -0.137. The highest BCUT2D eigenvalue weighted by Gasteiger charge is 2.36. The number of hydrogen-bond acceptors (Lipinski definition) is 3. The van der Waals surface area contributed by atoms with Crippen LogP contribution in [0.25, 0.3) is 0 Å². The fourth-order valence-electron chi connectivity index (χ4n) is 2.26. The average Bonchev–Trinajstić information content (AvgIpc) is 3.22. The van der Waals surface area contributed by atoms with Crippen LogP contribution in [0.4, 0.5) is 18.9 Å². The van der Waals surface area contributed by atoms with Crippen molar-refractivity contribution in [3.8, 4) is 0 Å². The monoisotopic (exact) mass is 318 g/mol. The number of nitrogens with two attached hydrogens (primary N) is 1. The maximum Gasteiger partial charge on any atom is 0.417 e. The molecule has 2 rings (SSSR count). The fraction of sp³-hybridized carbons (Fsp3) is 0.500. The predicted octanol–water partition coefficient (Wildman–Crippen LogP) is 2.95. The van der Waals surface area contributed by atoms with Crippen LogP contribution in [-0.4, -0.2) is 31.3 Å². The molecule has 0 unspecified atom stereocenters. The second kappa shape index (κ2) is 6.19. The summed E-state index contributed by atoms with van der Waals surface area (Å²) in [5.41, 5.74) is 5.00. The summed E-state index contributed by atoms with van der Waals surface area (Å²) in [4.78, 5) is 1.70. The summed E-state index contributed by atoms with van der Waals surface area (Å²) in [6.45, 7) is 1.03. The zero-order chi connectivity index (χ0) is 15.6. The van der Waals surface area contributed by atoms with Crippen molar-refractivity contribution in [1.82, 2.24) is 0 Å². The molecule has 7 heteroatoms. The van der Waals surface area contributed by atoms with Crippen LogP contribution in [0.2, 0.25) is 0 Å². The molecule has 0 atom stereocenters. The van der Waals surface area contributed by atoms with Crippen LogP contribution >= 0.6 is 12.2 Å². The maximum atomic E-state index is 13.2. The molecule has 0 aliphatic heterocycles. The third-order valence-corrected chi connectivity index (χ3v) is 3.65. The lowest BCUT2D eigenvalue weighted by Crippen LogP contribution is -2.30. The number of alkyl halides is 3. The Kier molecular flexibility index (Phi) is 4.73. The second-order valence-electron chi connectivity index (χ2n) is 5.01. The molecule has 0 spiro atoms. The third-order valence-electron chi connectivity index (χ3n) is 3.43. The topological polar surface area (TPSA) is 38.5 Å². The van der Waals surface area contributed by atoms with Gasteiger partial charge in [-0.3, -0.25) is 0 Å². The van der Waals surface area contributed by atoms with Gasteiger partial charge in [-0.25, -0.2) is 0 Å². The van der Waals surface area contributed by atoms with Crippen LogP contribution in [0.15, 0.2) is 18.2 Å². The van der Waals surface area contributed by atoms with Crippen LogP contribution in [0.1, 0.15) is 24.0 Å². The molecule has 1 saturated carbocycles. The second-order valence-corrected chi connectivity index (χ2v) is 5.45. The van der Waals surface area contributed by atoms with Gasteiger partial charge in [0.05, 0.1) is 12.2 Å². The van der Waals surface area contributed by atoms with E-state index in [1.165, 1.54) is 6.07 Å². The lowest BCUT2D eigenvalue weighted by Gasteiger charge is -2.26. The normalized spacial score (nSPS) is 15.0. The summed E-state index contributed by atoms with van der Waals surface area (Å²) >= 11 is 4.71. The minimum absolute atomic E-state index is 0.135. The fourth-order valence-corrected chi connectivity index (χ4v) is 2.44. The molecule has 1 aliphatic rings. The Morgan fingerprint density at radius 3 is 2.57 bits per heavy atom. The van der Waals surface area contributed by atoms with E-state index >= 15 is 0 Å². The maximum absolute atomic E-state index is 13.2. The van der Waals surface area contributed by atoms with E-state index in [4.69, 9.17) is 22.7 Å². The summed E-state index contributed by atoms with van der Waals surface area (Å²) < 4.78 is 44.5. The van der Waals surface area contributed by atoms with Gasteiger partial charge in [-0.05, 0) is 31.0 Å². The van der Waals surface area contributed by atoms with Gasteiger partial charge in [-0.1, -0.05) is 12.2 Å². The van der Waals surface area contributed by atoms with E-state index in [0.717, 1.165) is 18.9 Å². The summed E-state index contributed by atoms with van der Waals surface area (Å²) in [5.74, 6) is 0. The number of benzene rings is 1. The number of methoxy groups -OCH3 is 1. The van der Waals surface area contributed by atoms with Gasteiger partial charge in [0.1, 0.15) is 4.99 Å². The van der Waals surface area contributed by atoms with Crippen LogP contribution in [-0.2, 0) is 10.9 Å². The Balaban J connectivity index is 2.37. The van der Waals surface area contributed by atoms with Crippen LogP contribution in [0.5, 0.6) is 0 Å². The highest BCUT2D eigenvalue weighted by molar-refractivity contribution is 7.80. The molecule has 1 aromatic carbocycles. The van der Waals surface area contributed by atoms with E-state index in [0.29, 0.717) is 18.8 Å². The van der Waals surface area contributed by atoms with Crippen molar-refractivity contribution >= 4 is 22.9 Å². The first-order valence-electron chi connectivity index (χ1n) is 6.61. The third kappa shape index (κ3) is 3.85. The molecule has 21 heavy (non-hydrogen) atoms. The van der Waals surface area contributed by atoms with Crippen molar-refractivity contribution < 1.29 is 17.9 Å². The first-order valence-corrected chi connectivity index (χ1v) is 7.02. The minimum atomic E-state index is -4.48. The predicted molar refractivity (Wildman–Crippen MR) is 79.6 cm³/mol. The average molecular weight is 318 g/mol. The molecule has 116 valence electrons. The lowest BCUT2D eigenvalue weighted by atomic mass is 10.1. The molecule has 0 radical (unpaired) electrons. The van der Waals surface area contributed by atoms with E-state index < -0.39 is 11.7 Å². The number of rotatable bonds is 6. The molecule has 1 aliphatic carbocycles. The number of hydrogen-bond donors (Lipinski definition) is 1. The SMILES string of the molecule is COCCN(c1ccc(C(N)=S)c(C(F)(F)F)c1)C1CC1. The largest absolute Gasteiger partial charge is 0.417 e. The molecule has 1 aromatic rings. The van der Waals surface area contributed by atoms with Crippen LogP contribution < -0.4 is 10.6 Å². The highest BCUT2D eigenvalue weighted by atomic mass is 32.1. The van der Waals surface area contributed by atoms with Gasteiger partial charge in [0.2, 0.25) is 0 Å². The number of ether oxygens (including phenoxy) is 1. The zero-order valence-corrected chi connectivity index (χ0v) is 12.4. The number of halogens is 3. The van der Waals surface area contributed by atoms with Gasteiger partial charge in [0, 0.05) is 30.9 Å². The first-order chi connectivity index (χ1) is 9.84. The molecule has 1 fully saturated rings. The van der Waals surface area contributed by atoms with E-state index in [2.05, 4.69) is 0 Å². The quantitative estimate of drug-likeness (QED) is 0.819. The molecule has 0 saturated heterocycles. The Hall–Kier alpha value is -1.34. The number of anilines is 1. The van der Waals surface area contributed by atoms with Gasteiger partial charge in [-0.2, -0.15) is 13.2 Å². The van der Waals surface area contributed by atoms with E-state index in [1.807, 2.05) is 4.90 Å².